The Balaban J connectivity index is 1.67. The van der Waals surface area contributed by atoms with Gasteiger partial charge in [-0.05, 0) is 31.0 Å². The number of carbonyl (C=O) groups is 1. The second-order valence-electron chi connectivity index (χ2n) is 5.33. The van der Waals surface area contributed by atoms with Crippen molar-refractivity contribution in [2.75, 3.05) is 13.1 Å². The number of piperidine rings is 1. The van der Waals surface area contributed by atoms with Gasteiger partial charge in [0.25, 0.3) is 5.91 Å². The van der Waals surface area contributed by atoms with Crippen molar-refractivity contribution in [1.82, 2.24) is 14.9 Å². The number of halogens is 3. The van der Waals surface area contributed by atoms with Crippen LogP contribution in [-0.4, -0.2) is 40.0 Å². The summed E-state index contributed by atoms with van der Waals surface area (Å²) in [7, 11) is 0. The van der Waals surface area contributed by atoms with Crippen molar-refractivity contribution in [3.8, 4) is 6.01 Å². The van der Waals surface area contributed by atoms with Crippen molar-refractivity contribution >= 4 is 5.91 Å². The van der Waals surface area contributed by atoms with Crippen LogP contribution in [0.5, 0.6) is 6.01 Å². The zero-order chi connectivity index (χ0) is 17.2. The number of amides is 1. The van der Waals surface area contributed by atoms with Crippen LogP contribution in [-0.2, 0) is 6.18 Å². The molecule has 1 saturated heterocycles. The summed E-state index contributed by atoms with van der Waals surface area (Å²) in [5.74, 6) is -0.0655. The number of ether oxygens (including phenoxy) is 1. The fourth-order valence-electron chi connectivity index (χ4n) is 2.48. The van der Waals surface area contributed by atoms with Crippen molar-refractivity contribution in [3.05, 3.63) is 42.1 Å². The number of hydrogen-bond donors (Lipinski definition) is 0. The van der Waals surface area contributed by atoms with Crippen LogP contribution in [0.15, 0.2) is 35.1 Å². The molecule has 1 aliphatic rings. The number of carbonyl (C=O) groups excluding carboxylic acids is 1. The molecule has 2 aromatic heterocycles. The van der Waals surface area contributed by atoms with E-state index >= 15 is 0 Å². The molecule has 0 saturated carbocycles. The first-order chi connectivity index (χ1) is 11.4. The zero-order valence-corrected chi connectivity index (χ0v) is 12.5. The Morgan fingerprint density at radius 1 is 1.38 bits per heavy atom. The third kappa shape index (κ3) is 3.66. The second kappa shape index (κ2) is 6.50. The molecule has 0 N–H and O–H groups in total. The molecule has 0 radical (unpaired) electrons. The molecule has 1 atom stereocenters. The smallest absolute Gasteiger partial charge is 0.433 e. The van der Waals surface area contributed by atoms with E-state index in [1.807, 2.05) is 0 Å². The van der Waals surface area contributed by atoms with Gasteiger partial charge < -0.3 is 14.1 Å². The van der Waals surface area contributed by atoms with E-state index < -0.39 is 18.0 Å². The first-order valence-electron chi connectivity index (χ1n) is 7.33. The van der Waals surface area contributed by atoms with Gasteiger partial charge in [0.2, 0.25) is 0 Å². The Labute approximate surface area is 135 Å². The lowest BCUT2D eigenvalue weighted by Crippen LogP contribution is -2.44. The van der Waals surface area contributed by atoms with Crippen LogP contribution in [0.3, 0.4) is 0 Å². The predicted octanol–water partition coefficient (Wildman–Crippen LogP) is 2.77. The number of rotatable bonds is 3. The highest BCUT2D eigenvalue weighted by Gasteiger charge is 2.33. The molecule has 0 spiro atoms. The van der Waals surface area contributed by atoms with Crippen LogP contribution in [0.1, 0.15) is 29.1 Å². The average molecular weight is 341 g/mol. The lowest BCUT2D eigenvalue weighted by Gasteiger charge is -2.31. The molecule has 0 aliphatic carbocycles. The largest absolute Gasteiger partial charge is 0.459 e. The van der Waals surface area contributed by atoms with E-state index in [-0.39, 0.29) is 24.2 Å². The highest BCUT2D eigenvalue weighted by atomic mass is 19.4. The van der Waals surface area contributed by atoms with Crippen LogP contribution < -0.4 is 4.74 Å². The number of furan rings is 1. The molecule has 3 heterocycles. The molecular formula is C15H14F3N3O3. The van der Waals surface area contributed by atoms with Gasteiger partial charge in [0.05, 0.1) is 12.8 Å². The Bertz CT molecular complexity index is 703. The van der Waals surface area contributed by atoms with Crippen molar-refractivity contribution in [3.63, 3.8) is 0 Å². The highest BCUT2D eigenvalue weighted by Crippen LogP contribution is 2.28. The molecular weight excluding hydrogens is 327 g/mol. The van der Waals surface area contributed by atoms with Crippen LogP contribution in [0.25, 0.3) is 0 Å². The molecule has 128 valence electrons. The summed E-state index contributed by atoms with van der Waals surface area (Å²) in [5.41, 5.74) is -1.06. The molecule has 0 bridgehead atoms. The van der Waals surface area contributed by atoms with Crippen LogP contribution >= 0.6 is 0 Å². The maximum atomic E-state index is 12.7. The molecule has 9 heteroatoms. The molecule has 24 heavy (non-hydrogen) atoms. The number of aromatic nitrogens is 2. The van der Waals surface area contributed by atoms with E-state index in [0.29, 0.717) is 19.4 Å². The quantitative estimate of drug-likeness (QED) is 0.859. The first kappa shape index (κ1) is 16.3. The summed E-state index contributed by atoms with van der Waals surface area (Å²) in [5, 5.41) is 0. The first-order valence-corrected chi connectivity index (χ1v) is 7.33. The van der Waals surface area contributed by atoms with E-state index in [4.69, 9.17) is 9.15 Å². The van der Waals surface area contributed by atoms with Gasteiger partial charge in [-0.25, -0.2) is 4.98 Å². The fraction of sp³-hybridized carbons (Fsp3) is 0.400. The third-order valence-electron chi connectivity index (χ3n) is 3.59. The minimum atomic E-state index is -4.56. The van der Waals surface area contributed by atoms with Crippen LogP contribution in [0.2, 0.25) is 0 Å². The molecule has 2 aromatic rings. The Morgan fingerprint density at radius 2 is 2.21 bits per heavy atom. The van der Waals surface area contributed by atoms with E-state index in [1.54, 1.807) is 17.0 Å². The number of hydrogen-bond acceptors (Lipinski definition) is 5. The van der Waals surface area contributed by atoms with Gasteiger partial charge in [0.15, 0.2) is 11.5 Å². The van der Waals surface area contributed by atoms with Crippen LogP contribution in [0.4, 0.5) is 13.2 Å². The van der Waals surface area contributed by atoms with Crippen molar-refractivity contribution in [1.29, 1.82) is 0 Å². The fourth-order valence-corrected chi connectivity index (χ4v) is 2.48. The van der Waals surface area contributed by atoms with E-state index in [2.05, 4.69) is 9.97 Å². The Hall–Kier alpha value is -2.58. The van der Waals surface area contributed by atoms with Gasteiger partial charge in [-0.1, -0.05) is 0 Å². The van der Waals surface area contributed by atoms with Gasteiger partial charge in [-0.2, -0.15) is 18.2 Å². The third-order valence-corrected chi connectivity index (χ3v) is 3.59. The van der Waals surface area contributed by atoms with Gasteiger partial charge in [0, 0.05) is 12.7 Å². The van der Waals surface area contributed by atoms with Gasteiger partial charge in [0.1, 0.15) is 6.10 Å². The van der Waals surface area contributed by atoms with E-state index in [9.17, 15) is 18.0 Å². The summed E-state index contributed by atoms with van der Waals surface area (Å²) >= 11 is 0. The van der Waals surface area contributed by atoms with E-state index in [0.717, 1.165) is 12.3 Å². The minimum Gasteiger partial charge on any atom is -0.459 e. The molecule has 1 unspecified atom stereocenters. The second-order valence-corrected chi connectivity index (χ2v) is 5.33. The zero-order valence-electron chi connectivity index (χ0n) is 12.5. The van der Waals surface area contributed by atoms with Crippen molar-refractivity contribution in [2.24, 2.45) is 0 Å². The summed E-state index contributed by atoms with van der Waals surface area (Å²) in [6.45, 7) is 0.766. The van der Waals surface area contributed by atoms with E-state index in [1.165, 1.54) is 6.26 Å². The monoisotopic (exact) mass is 341 g/mol. The maximum absolute atomic E-state index is 12.7. The predicted molar refractivity (Wildman–Crippen MR) is 75.3 cm³/mol. The highest BCUT2D eigenvalue weighted by molar-refractivity contribution is 5.91. The van der Waals surface area contributed by atoms with Crippen molar-refractivity contribution < 1.29 is 27.1 Å². The standard InChI is InChI=1S/C15H14F3N3O3/c16-15(17,18)12-5-6-19-14(20-12)24-10-3-1-7-21(9-10)13(22)11-4-2-8-23-11/h2,4-6,8,10H,1,3,7,9H2. The van der Waals surface area contributed by atoms with Crippen molar-refractivity contribution in [2.45, 2.75) is 25.1 Å². The lowest BCUT2D eigenvalue weighted by atomic mass is 10.1. The summed E-state index contributed by atoms with van der Waals surface area (Å²) in [6.07, 6.45) is -1.37. The maximum Gasteiger partial charge on any atom is 0.433 e. The summed E-state index contributed by atoms with van der Waals surface area (Å²) in [6, 6.07) is 3.60. The normalized spacial score (nSPS) is 18.5. The Kier molecular flexibility index (Phi) is 4.41. The topological polar surface area (TPSA) is 68.5 Å². The number of nitrogens with zero attached hydrogens (tertiary/aromatic N) is 3. The molecule has 1 fully saturated rings. The molecule has 3 rings (SSSR count). The van der Waals surface area contributed by atoms with Gasteiger partial charge in [-0.3, -0.25) is 4.79 Å². The summed E-state index contributed by atoms with van der Waals surface area (Å²) in [4.78, 5) is 20.9. The SMILES string of the molecule is O=C(c1ccco1)N1CCCC(Oc2nccc(C(F)(F)F)n2)C1. The molecule has 6 nitrogen and oxygen atoms in total. The number of alkyl halides is 3. The minimum absolute atomic E-state index is 0.214. The van der Waals surface area contributed by atoms with Gasteiger partial charge in [-0.15, -0.1) is 0 Å². The number of likely N-dealkylation sites (tertiary alicyclic amines) is 1. The lowest BCUT2D eigenvalue weighted by molar-refractivity contribution is -0.141. The molecule has 0 aromatic carbocycles. The molecule has 1 aliphatic heterocycles. The van der Waals surface area contributed by atoms with Gasteiger partial charge >= 0.3 is 12.2 Å². The summed E-state index contributed by atoms with van der Waals surface area (Å²) < 4.78 is 48.5. The molecule has 1 amide bonds. The average Bonchev–Trinajstić information content (AvgIpc) is 3.08. The Morgan fingerprint density at radius 3 is 2.92 bits per heavy atom. The van der Waals surface area contributed by atoms with Crippen LogP contribution in [0, 0.1) is 0 Å².